The molecule has 124 valence electrons. The average molecular weight is 316 g/mol. The van der Waals surface area contributed by atoms with Gasteiger partial charge in [-0.25, -0.2) is 0 Å². The summed E-state index contributed by atoms with van der Waals surface area (Å²) in [5.41, 5.74) is 0. The molecule has 0 aromatic carbocycles. The van der Waals surface area contributed by atoms with Gasteiger partial charge in [-0.1, -0.05) is 18.2 Å². The van der Waals surface area contributed by atoms with E-state index in [1.54, 1.807) is 6.08 Å². The van der Waals surface area contributed by atoms with Crippen LogP contribution < -0.4 is 10.6 Å². The number of guanidine groups is 1. The van der Waals surface area contributed by atoms with Crippen molar-refractivity contribution in [1.29, 1.82) is 0 Å². The van der Waals surface area contributed by atoms with Crippen LogP contribution in [-0.4, -0.2) is 48.9 Å². The molecule has 6 heteroatoms. The molecule has 2 amide bonds. The Morgan fingerprint density at radius 2 is 1.96 bits per heavy atom. The number of likely N-dealkylation sites (tertiary alicyclic amines) is 1. The number of fused-ring (bicyclic) bond motifs is 5. The fourth-order valence-electron chi connectivity index (χ4n) is 3.96. The average Bonchev–Trinajstić information content (AvgIpc) is 3.21. The number of aliphatic imine (C=N–C) groups is 1. The van der Waals surface area contributed by atoms with Crippen LogP contribution in [0, 0.1) is 23.7 Å². The molecular formula is C17H24N4O2. The van der Waals surface area contributed by atoms with Gasteiger partial charge in [0.05, 0.1) is 18.4 Å². The van der Waals surface area contributed by atoms with Gasteiger partial charge in [-0.2, -0.15) is 0 Å². The van der Waals surface area contributed by atoms with E-state index in [0.717, 1.165) is 13.0 Å². The largest absolute Gasteiger partial charge is 0.357 e. The van der Waals surface area contributed by atoms with Gasteiger partial charge in [0.25, 0.3) is 0 Å². The molecule has 2 fully saturated rings. The first-order valence-corrected chi connectivity index (χ1v) is 8.34. The third-order valence-electron chi connectivity index (χ3n) is 4.91. The summed E-state index contributed by atoms with van der Waals surface area (Å²) >= 11 is 0. The standard InChI is InChI=1S/C17H24N4O2/c1-3-7-19-17(18-4-2)20-8-9-21-15(22)13-11-5-6-12(10-11)14(13)16(21)23/h3,5-6,11-14H,1,4,7-10H2,2H3,(H2,18,19,20). The zero-order valence-electron chi connectivity index (χ0n) is 13.5. The van der Waals surface area contributed by atoms with Gasteiger partial charge in [0.15, 0.2) is 5.96 Å². The molecule has 23 heavy (non-hydrogen) atoms. The number of hydrogen-bond donors (Lipinski definition) is 2. The summed E-state index contributed by atoms with van der Waals surface area (Å²) in [6.45, 7) is 7.78. The van der Waals surface area contributed by atoms with E-state index in [-0.39, 0.29) is 35.5 Å². The predicted octanol–water partition coefficient (Wildman–Crippen LogP) is 0.535. The van der Waals surface area contributed by atoms with Gasteiger partial charge in [0, 0.05) is 19.6 Å². The molecule has 1 aliphatic heterocycles. The second-order valence-corrected chi connectivity index (χ2v) is 6.26. The Morgan fingerprint density at radius 1 is 1.30 bits per heavy atom. The van der Waals surface area contributed by atoms with Gasteiger partial charge in [-0.15, -0.1) is 6.58 Å². The van der Waals surface area contributed by atoms with Crippen LogP contribution in [0.4, 0.5) is 0 Å². The van der Waals surface area contributed by atoms with Crippen LogP contribution in [0.1, 0.15) is 13.3 Å². The van der Waals surface area contributed by atoms with Gasteiger partial charge in [0.1, 0.15) is 0 Å². The lowest BCUT2D eigenvalue weighted by Gasteiger charge is -2.16. The molecule has 1 heterocycles. The number of amides is 2. The summed E-state index contributed by atoms with van der Waals surface area (Å²) in [5, 5.41) is 6.23. The van der Waals surface area contributed by atoms with Crippen molar-refractivity contribution in [2.45, 2.75) is 13.3 Å². The molecule has 6 nitrogen and oxygen atoms in total. The van der Waals surface area contributed by atoms with E-state index < -0.39 is 0 Å². The lowest BCUT2D eigenvalue weighted by molar-refractivity contribution is -0.140. The molecule has 0 spiro atoms. The van der Waals surface area contributed by atoms with Crippen LogP contribution in [0.5, 0.6) is 0 Å². The monoisotopic (exact) mass is 316 g/mol. The zero-order valence-corrected chi connectivity index (χ0v) is 13.5. The lowest BCUT2D eigenvalue weighted by Crippen LogP contribution is -2.39. The predicted molar refractivity (Wildman–Crippen MR) is 88.6 cm³/mol. The molecule has 2 aliphatic carbocycles. The molecule has 2 N–H and O–H groups in total. The maximum absolute atomic E-state index is 12.5. The van der Waals surface area contributed by atoms with Crippen molar-refractivity contribution in [2.24, 2.45) is 28.7 Å². The first kappa shape index (κ1) is 15.8. The number of rotatable bonds is 6. The molecule has 3 aliphatic rings. The van der Waals surface area contributed by atoms with Crippen LogP contribution in [-0.2, 0) is 9.59 Å². The van der Waals surface area contributed by atoms with Crippen LogP contribution >= 0.6 is 0 Å². The molecule has 4 unspecified atom stereocenters. The molecule has 4 atom stereocenters. The minimum absolute atomic E-state index is 0.00361. The maximum atomic E-state index is 12.5. The van der Waals surface area contributed by atoms with Crippen molar-refractivity contribution < 1.29 is 9.59 Å². The number of nitrogens with one attached hydrogen (secondary N) is 2. The fraction of sp³-hybridized carbons (Fsp3) is 0.588. The van der Waals surface area contributed by atoms with E-state index in [4.69, 9.17) is 0 Å². The Kier molecular flexibility index (Phi) is 4.50. The molecule has 0 aromatic heterocycles. The molecular weight excluding hydrogens is 292 g/mol. The Bertz CT molecular complexity index is 539. The lowest BCUT2D eigenvalue weighted by atomic mass is 9.85. The summed E-state index contributed by atoms with van der Waals surface area (Å²) in [7, 11) is 0. The summed E-state index contributed by atoms with van der Waals surface area (Å²) in [4.78, 5) is 30.9. The maximum Gasteiger partial charge on any atom is 0.233 e. The van der Waals surface area contributed by atoms with Gasteiger partial charge in [-0.05, 0) is 25.2 Å². The Morgan fingerprint density at radius 3 is 2.52 bits per heavy atom. The first-order valence-electron chi connectivity index (χ1n) is 8.34. The van der Waals surface area contributed by atoms with Crippen LogP contribution in [0.3, 0.4) is 0 Å². The number of carbonyl (C=O) groups excluding carboxylic acids is 2. The van der Waals surface area contributed by atoms with Crippen molar-refractivity contribution in [1.82, 2.24) is 15.5 Å². The highest BCUT2D eigenvalue weighted by molar-refractivity contribution is 6.06. The Labute approximate surface area is 136 Å². The molecule has 0 radical (unpaired) electrons. The summed E-state index contributed by atoms with van der Waals surface area (Å²) in [6.07, 6.45) is 6.95. The number of carbonyl (C=O) groups is 2. The van der Waals surface area contributed by atoms with Crippen molar-refractivity contribution in [3.63, 3.8) is 0 Å². The fourth-order valence-corrected chi connectivity index (χ4v) is 3.96. The highest BCUT2D eigenvalue weighted by Gasteiger charge is 2.58. The van der Waals surface area contributed by atoms with Crippen molar-refractivity contribution in [2.75, 3.05) is 26.2 Å². The SMILES string of the molecule is C=CCNC(=NCCN1C(=O)C2C3C=CC(C3)C2C1=O)NCC. The van der Waals surface area contributed by atoms with Crippen molar-refractivity contribution in [3.05, 3.63) is 24.8 Å². The number of nitrogens with zero attached hydrogens (tertiary/aromatic N) is 2. The first-order chi connectivity index (χ1) is 11.2. The summed E-state index contributed by atoms with van der Waals surface area (Å²) in [5.74, 6) is 0.964. The topological polar surface area (TPSA) is 73.8 Å². The highest BCUT2D eigenvalue weighted by atomic mass is 16.2. The second kappa shape index (κ2) is 6.56. The number of allylic oxidation sites excluding steroid dienone is 2. The second-order valence-electron chi connectivity index (χ2n) is 6.26. The minimum atomic E-state index is -0.117. The smallest absolute Gasteiger partial charge is 0.233 e. The van der Waals surface area contributed by atoms with E-state index in [1.165, 1.54) is 4.90 Å². The molecule has 1 saturated carbocycles. The third-order valence-corrected chi connectivity index (χ3v) is 4.91. The quantitative estimate of drug-likeness (QED) is 0.325. The van der Waals surface area contributed by atoms with Crippen molar-refractivity contribution >= 4 is 17.8 Å². The molecule has 1 saturated heterocycles. The van der Waals surface area contributed by atoms with Crippen LogP contribution in [0.2, 0.25) is 0 Å². The zero-order chi connectivity index (χ0) is 16.4. The minimum Gasteiger partial charge on any atom is -0.357 e. The van der Waals surface area contributed by atoms with E-state index in [2.05, 4.69) is 34.4 Å². The number of hydrogen-bond acceptors (Lipinski definition) is 3. The molecule has 0 aromatic rings. The van der Waals surface area contributed by atoms with Crippen LogP contribution in [0.25, 0.3) is 0 Å². The third kappa shape index (κ3) is 2.78. The van der Waals surface area contributed by atoms with E-state index in [9.17, 15) is 9.59 Å². The molecule has 2 bridgehead atoms. The Balaban J connectivity index is 1.59. The summed E-state index contributed by atoms with van der Waals surface area (Å²) < 4.78 is 0. The number of imide groups is 1. The Hall–Kier alpha value is -2.11. The highest BCUT2D eigenvalue weighted by Crippen LogP contribution is 2.52. The summed E-state index contributed by atoms with van der Waals surface area (Å²) in [6, 6.07) is 0. The van der Waals surface area contributed by atoms with Crippen LogP contribution in [0.15, 0.2) is 29.8 Å². The van der Waals surface area contributed by atoms with E-state index >= 15 is 0 Å². The van der Waals surface area contributed by atoms with E-state index in [1.807, 2.05) is 6.92 Å². The normalized spacial score (nSPS) is 31.7. The molecule has 3 rings (SSSR count). The van der Waals surface area contributed by atoms with E-state index in [0.29, 0.717) is 25.6 Å². The van der Waals surface area contributed by atoms with Gasteiger partial charge in [0.2, 0.25) is 11.8 Å². The van der Waals surface area contributed by atoms with Gasteiger partial charge >= 0.3 is 0 Å². The van der Waals surface area contributed by atoms with Gasteiger partial charge < -0.3 is 10.6 Å². The van der Waals surface area contributed by atoms with Crippen molar-refractivity contribution in [3.8, 4) is 0 Å². The van der Waals surface area contributed by atoms with Gasteiger partial charge in [-0.3, -0.25) is 19.5 Å².